The Morgan fingerprint density at radius 3 is 1.61 bits per heavy atom. The molecule has 0 amide bonds. The molecule has 0 atom stereocenters. The Morgan fingerprint density at radius 2 is 1.13 bits per heavy atom. The van der Waals surface area contributed by atoms with Gasteiger partial charge < -0.3 is 44.1 Å². The fourth-order valence-electron chi connectivity index (χ4n) is 2.63. The summed E-state index contributed by atoms with van der Waals surface area (Å²) in [5.74, 6) is -0.548. The monoisotopic (exact) mass is 454 g/mol. The van der Waals surface area contributed by atoms with Crippen molar-refractivity contribution >= 4 is 11.9 Å². The second kappa shape index (κ2) is 13.0. The van der Waals surface area contributed by atoms with Gasteiger partial charge in [-0.3, -0.25) is 4.79 Å². The number of carbonyl (C=O) groups is 2. The van der Waals surface area contributed by atoms with Crippen LogP contribution in [0.25, 0.3) is 0 Å². The molecule has 0 aliphatic heterocycles. The van der Waals surface area contributed by atoms with Gasteiger partial charge in [-0.15, -0.1) is 0 Å². The van der Waals surface area contributed by atoms with Crippen LogP contribution in [0.5, 0.6) is 0 Å². The quantitative estimate of drug-likeness (QED) is 0.219. The summed E-state index contributed by atoms with van der Waals surface area (Å²) in [4.78, 5) is 22.9. The van der Waals surface area contributed by atoms with E-state index in [0.29, 0.717) is 24.3 Å². The Morgan fingerprint density at radius 1 is 0.677 bits per heavy atom. The van der Waals surface area contributed by atoms with Crippen molar-refractivity contribution in [1.82, 2.24) is 0 Å². The maximum Gasteiger partial charge on any atom is 0.281 e. The van der Waals surface area contributed by atoms with E-state index in [-0.39, 0.29) is 29.0 Å². The molecule has 4 aromatic carbocycles. The van der Waals surface area contributed by atoms with Crippen molar-refractivity contribution in [2.24, 2.45) is 0 Å². The van der Waals surface area contributed by atoms with E-state index in [1.165, 1.54) is 0 Å². The summed E-state index contributed by atoms with van der Waals surface area (Å²) < 4.78 is 10.3. The van der Waals surface area contributed by atoms with Crippen molar-refractivity contribution in [3.05, 3.63) is 131 Å². The second-order valence-corrected chi connectivity index (χ2v) is 6.47. The van der Waals surface area contributed by atoms with Crippen molar-refractivity contribution in [3.63, 3.8) is 0 Å². The predicted octanol–water partition coefficient (Wildman–Crippen LogP) is 5.52. The molecule has 0 N–H and O–H groups in total. The fourth-order valence-corrected chi connectivity index (χ4v) is 2.63. The van der Waals surface area contributed by atoms with Gasteiger partial charge in [0.15, 0.2) is 0 Å². The van der Waals surface area contributed by atoms with E-state index < -0.39 is 0 Å². The molecule has 0 bridgehead atoms. The van der Waals surface area contributed by atoms with Gasteiger partial charge in [0.2, 0.25) is 0 Å². The molecular weight excluding hydrogens is 432 g/mol. The van der Waals surface area contributed by atoms with Crippen molar-refractivity contribution in [1.29, 1.82) is 0 Å². The SMILES string of the molecule is O=C(OCc1ccccc1)[c-]1[cH-][cH-][cH-][cH-]1.O=C(OCc1ccccc1)[c-]1cccc1.[Fe]. The zero-order valence-corrected chi connectivity index (χ0v) is 17.9. The molecule has 0 heterocycles. The van der Waals surface area contributed by atoms with Gasteiger partial charge in [0, 0.05) is 17.1 Å². The van der Waals surface area contributed by atoms with E-state index in [1.807, 2.05) is 84.9 Å². The minimum Gasteiger partial charge on any atom is -0.680 e. The molecule has 0 radical (unpaired) electrons. The molecule has 31 heavy (non-hydrogen) atoms. The van der Waals surface area contributed by atoms with Crippen LogP contribution in [0.2, 0.25) is 0 Å². The summed E-state index contributed by atoms with van der Waals surface area (Å²) in [5.41, 5.74) is 3.20. The molecule has 164 valence electrons. The van der Waals surface area contributed by atoms with Crippen LogP contribution in [0.1, 0.15) is 31.8 Å². The third-order valence-corrected chi connectivity index (χ3v) is 4.22. The van der Waals surface area contributed by atoms with Crippen molar-refractivity contribution in [2.45, 2.75) is 13.2 Å². The maximum atomic E-state index is 11.5. The molecule has 0 aliphatic rings. The zero-order chi connectivity index (χ0) is 21.0. The van der Waals surface area contributed by atoms with Crippen LogP contribution in [0.3, 0.4) is 0 Å². The van der Waals surface area contributed by atoms with Crippen molar-refractivity contribution < 1.29 is 36.1 Å². The number of hydrogen-bond acceptors (Lipinski definition) is 4. The first-order valence-electron chi connectivity index (χ1n) is 9.58. The summed E-state index contributed by atoms with van der Waals surface area (Å²) in [6.07, 6.45) is 0. The summed E-state index contributed by atoms with van der Waals surface area (Å²) in [7, 11) is 0. The minimum atomic E-state index is -0.274. The Hall–Kier alpha value is -3.40. The average molecular weight is 454 g/mol. The Labute approximate surface area is 192 Å². The molecule has 0 saturated carbocycles. The Balaban J connectivity index is 0.000000213. The normalized spacial score (nSPS) is 9.55. The van der Waals surface area contributed by atoms with Crippen LogP contribution in [0.4, 0.5) is 0 Å². The summed E-state index contributed by atoms with van der Waals surface area (Å²) in [6.45, 7) is 0.649. The van der Waals surface area contributed by atoms with Crippen LogP contribution in [0.15, 0.2) is 109 Å². The first-order chi connectivity index (χ1) is 14.7. The molecular formula is C26H22FeO4-6. The summed E-state index contributed by atoms with van der Waals surface area (Å²) in [6, 6.07) is 33.5. The first kappa shape index (κ1) is 23.9. The number of benzene rings is 2. The molecule has 5 heteroatoms. The summed E-state index contributed by atoms with van der Waals surface area (Å²) >= 11 is 0. The van der Waals surface area contributed by atoms with Crippen molar-refractivity contribution in [2.75, 3.05) is 0 Å². The number of ether oxygens (including phenoxy) is 2. The maximum absolute atomic E-state index is 11.5. The van der Waals surface area contributed by atoms with Gasteiger partial charge in [0.05, 0.1) is 6.61 Å². The minimum absolute atomic E-state index is 0. The second-order valence-electron chi connectivity index (χ2n) is 6.47. The topological polar surface area (TPSA) is 52.6 Å². The Kier molecular flexibility index (Phi) is 10.0. The third kappa shape index (κ3) is 8.09. The van der Waals surface area contributed by atoms with E-state index in [9.17, 15) is 9.59 Å². The van der Waals surface area contributed by atoms with Gasteiger partial charge >= 0.3 is 0 Å². The third-order valence-electron chi connectivity index (χ3n) is 4.22. The van der Waals surface area contributed by atoms with Gasteiger partial charge in [-0.1, -0.05) is 72.2 Å². The number of carbonyl (C=O) groups excluding carboxylic acids is 2. The molecule has 4 rings (SSSR count). The van der Waals surface area contributed by atoms with Crippen LogP contribution in [-0.2, 0) is 39.8 Å². The average Bonchev–Trinajstić information content (AvgIpc) is 3.52. The zero-order valence-electron chi connectivity index (χ0n) is 16.8. The van der Waals surface area contributed by atoms with Gasteiger partial charge in [-0.25, -0.2) is 12.1 Å². The van der Waals surface area contributed by atoms with Crippen LogP contribution in [-0.4, -0.2) is 11.9 Å². The molecule has 0 aliphatic carbocycles. The number of rotatable bonds is 6. The molecule has 0 spiro atoms. The van der Waals surface area contributed by atoms with Gasteiger partial charge in [-0.2, -0.15) is 12.1 Å². The van der Waals surface area contributed by atoms with Gasteiger partial charge in [0.1, 0.15) is 6.61 Å². The predicted molar refractivity (Wildman–Crippen MR) is 115 cm³/mol. The molecule has 0 saturated heterocycles. The van der Waals surface area contributed by atoms with E-state index in [1.54, 1.807) is 24.3 Å². The van der Waals surface area contributed by atoms with E-state index >= 15 is 0 Å². The van der Waals surface area contributed by atoms with Crippen LogP contribution in [0, 0.1) is 0 Å². The van der Waals surface area contributed by atoms with Crippen molar-refractivity contribution in [3.8, 4) is 0 Å². The van der Waals surface area contributed by atoms with E-state index in [2.05, 4.69) is 0 Å². The number of esters is 2. The smallest absolute Gasteiger partial charge is 0.281 e. The molecule has 4 aromatic rings. The standard InChI is InChI=1S/2C13H11O2.Fe/c2*14-13(12-8-4-5-9-12)15-10-11-6-2-1-3-7-11;/h2*1-9H,10H2;/q-5;-1;. The summed E-state index contributed by atoms with van der Waals surface area (Å²) in [5, 5.41) is 0. The van der Waals surface area contributed by atoms with Gasteiger partial charge in [-0.05, 0) is 11.1 Å². The largest absolute Gasteiger partial charge is 0.680 e. The fraction of sp³-hybridized carbons (Fsp3) is 0.0769. The van der Waals surface area contributed by atoms with Crippen LogP contribution >= 0.6 is 0 Å². The van der Waals surface area contributed by atoms with E-state index in [0.717, 1.165) is 11.1 Å². The molecule has 0 unspecified atom stereocenters. The molecule has 4 nitrogen and oxygen atoms in total. The van der Waals surface area contributed by atoms with E-state index in [4.69, 9.17) is 9.47 Å². The van der Waals surface area contributed by atoms with Gasteiger partial charge in [0.25, 0.3) is 5.97 Å². The molecule has 0 aromatic heterocycles. The number of hydrogen-bond donors (Lipinski definition) is 0. The first-order valence-corrected chi connectivity index (χ1v) is 9.58. The van der Waals surface area contributed by atoms with Crippen LogP contribution < -0.4 is 0 Å². The Bertz CT molecular complexity index is 922. The molecule has 0 fully saturated rings.